The van der Waals surface area contributed by atoms with E-state index in [9.17, 15) is 4.39 Å². The van der Waals surface area contributed by atoms with Crippen LogP contribution >= 0.6 is 11.3 Å². The van der Waals surface area contributed by atoms with Crippen LogP contribution in [0.4, 0.5) is 15.2 Å². The summed E-state index contributed by atoms with van der Waals surface area (Å²) < 4.78 is 13.2. The fourth-order valence-corrected chi connectivity index (χ4v) is 2.73. The highest BCUT2D eigenvalue weighted by molar-refractivity contribution is 7.15. The Labute approximate surface area is 110 Å². The van der Waals surface area contributed by atoms with E-state index >= 15 is 0 Å². The maximum Gasteiger partial charge on any atom is 0.190 e. The van der Waals surface area contributed by atoms with Crippen molar-refractivity contribution in [3.63, 3.8) is 0 Å². The number of nitrogens with zero attached hydrogens (tertiary/aromatic N) is 2. The SMILES string of the molecule is CNCc1sc(N(C)c2cccc(F)c2)nc1C. The van der Waals surface area contributed by atoms with Gasteiger partial charge in [-0.2, -0.15) is 0 Å². The molecule has 1 aromatic heterocycles. The molecule has 0 aliphatic heterocycles. The van der Waals surface area contributed by atoms with E-state index < -0.39 is 0 Å². The molecule has 0 bridgehead atoms. The van der Waals surface area contributed by atoms with Gasteiger partial charge in [-0.15, -0.1) is 0 Å². The predicted molar refractivity (Wildman–Crippen MR) is 74.1 cm³/mol. The molecule has 0 unspecified atom stereocenters. The number of thiazole rings is 1. The molecule has 1 heterocycles. The van der Waals surface area contributed by atoms with Gasteiger partial charge in [-0.1, -0.05) is 17.4 Å². The van der Waals surface area contributed by atoms with Crippen LogP contribution < -0.4 is 10.2 Å². The lowest BCUT2D eigenvalue weighted by molar-refractivity contribution is 0.628. The highest BCUT2D eigenvalue weighted by atomic mass is 32.1. The van der Waals surface area contributed by atoms with Crippen molar-refractivity contribution in [2.45, 2.75) is 13.5 Å². The van der Waals surface area contributed by atoms with Crippen molar-refractivity contribution >= 4 is 22.2 Å². The first kappa shape index (κ1) is 13.0. The minimum atomic E-state index is -0.233. The zero-order valence-corrected chi connectivity index (χ0v) is 11.5. The quantitative estimate of drug-likeness (QED) is 0.921. The lowest BCUT2D eigenvalue weighted by atomic mass is 10.3. The average Bonchev–Trinajstić information content (AvgIpc) is 2.71. The summed E-state index contributed by atoms with van der Waals surface area (Å²) in [5.41, 5.74) is 1.83. The monoisotopic (exact) mass is 265 g/mol. The summed E-state index contributed by atoms with van der Waals surface area (Å²) in [5.74, 6) is -0.233. The van der Waals surface area contributed by atoms with Crippen LogP contribution in [0.15, 0.2) is 24.3 Å². The third-order valence-corrected chi connectivity index (χ3v) is 3.94. The summed E-state index contributed by atoms with van der Waals surface area (Å²) in [6.45, 7) is 2.80. The van der Waals surface area contributed by atoms with E-state index in [1.807, 2.05) is 32.0 Å². The van der Waals surface area contributed by atoms with Crippen molar-refractivity contribution in [3.05, 3.63) is 40.7 Å². The summed E-state index contributed by atoms with van der Waals surface area (Å²) in [6, 6.07) is 6.53. The Morgan fingerprint density at radius 1 is 1.44 bits per heavy atom. The maximum absolute atomic E-state index is 13.2. The Hall–Kier alpha value is -1.46. The molecule has 0 fully saturated rings. The molecular formula is C13H16FN3S. The molecule has 0 radical (unpaired) electrons. The van der Waals surface area contributed by atoms with E-state index in [-0.39, 0.29) is 5.82 Å². The van der Waals surface area contributed by atoms with Crippen molar-refractivity contribution in [1.82, 2.24) is 10.3 Å². The van der Waals surface area contributed by atoms with Crippen molar-refractivity contribution in [2.24, 2.45) is 0 Å². The highest BCUT2D eigenvalue weighted by Gasteiger charge is 2.12. The summed E-state index contributed by atoms with van der Waals surface area (Å²) in [5, 5.41) is 4.00. The van der Waals surface area contributed by atoms with Crippen molar-refractivity contribution < 1.29 is 4.39 Å². The van der Waals surface area contributed by atoms with Crippen molar-refractivity contribution in [2.75, 3.05) is 19.0 Å². The fraction of sp³-hybridized carbons (Fsp3) is 0.308. The molecule has 1 aromatic carbocycles. The number of hydrogen-bond acceptors (Lipinski definition) is 4. The second kappa shape index (κ2) is 5.46. The van der Waals surface area contributed by atoms with Gasteiger partial charge in [0.05, 0.1) is 5.69 Å². The van der Waals surface area contributed by atoms with Gasteiger partial charge >= 0.3 is 0 Å². The Morgan fingerprint density at radius 2 is 2.22 bits per heavy atom. The minimum Gasteiger partial charge on any atom is -0.321 e. The summed E-state index contributed by atoms with van der Waals surface area (Å²) in [4.78, 5) is 7.62. The van der Waals surface area contributed by atoms with Crippen LogP contribution in [0.3, 0.4) is 0 Å². The van der Waals surface area contributed by atoms with Gasteiger partial charge in [0.25, 0.3) is 0 Å². The number of benzene rings is 1. The number of aromatic nitrogens is 1. The fourth-order valence-electron chi connectivity index (χ4n) is 1.68. The van der Waals surface area contributed by atoms with E-state index in [0.717, 1.165) is 23.1 Å². The first-order chi connectivity index (χ1) is 8.61. The molecule has 1 N–H and O–H groups in total. The zero-order chi connectivity index (χ0) is 13.1. The number of hydrogen-bond donors (Lipinski definition) is 1. The van der Waals surface area contributed by atoms with Crippen LogP contribution in [-0.2, 0) is 6.54 Å². The smallest absolute Gasteiger partial charge is 0.190 e. The molecule has 5 heteroatoms. The normalized spacial score (nSPS) is 10.7. The molecular weight excluding hydrogens is 249 g/mol. The molecule has 0 saturated heterocycles. The zero-order valence-electron chi connectivity index (χ0n) is 10.7. The van der Waals surface area contributed by atoms with Crippen molar-refractivity contribution in [3.8, 4) is 0 Å². The largest absolute Gasteiger partial charge is 0.321 e. The molecule has 0 amide bonds. The van der Waals surface area contributed by atoms with Crippen LogP contribution in [0.1, 0.15) is 10.6 Å². The molecule has 0 spiro atoms. The predicted octanol–water partition coefficient (Wildman–Crippen LogP) is 3.08. The summed E-state index contributed by atoms with van der Waals surface area (Å²) in [7, 11) is 3.81. The standard InChI is InChI=1S/C13H16FN3S/c1-9-12(8-15-2)18-13(16-9)17(3)11-6-4-5-10(14)7-11/h4-7,15H,8H2,1-3H3. The Morgan fingerprint density at radius 3 is 2.89 bits per heavy atom. The van der Waals surface area contributed by atoms with E-state index in [2.05, 4.69) is 10.3 Å². The molecule has 96 valence electrons. The third-order valence-electron chi connectivity index (χ3n) is 2.70. The summed E-state index contributed by atoms with van der Waals surface area (Å²) >= 11 is 1.62. The molecule has 2 aromatic rings. The molecule has 0 aliphatic carbocycles. The maximum atomic E-state index is 13.2. The van der Waals surface area contributed by atoms with Crippen molar-refractivity contribution in [1.29, 1.82) is 0 Å². The number of halogens is 1. The van der Waals surface area contributed by atoms with Gasteiger partial charge in [-0.3, -0.25) is 0 Å². The first-order valence-electron chi connectivity index (χ1n) is 5.72. The van der Waals surface area contributed by atoms with Gasteiger partial charge in [0.1, 0.15) is 5.82 Å². The Bertz CT molecular complexity index is 539. The molecule has 18 heavy (non-hydrogen) atoms. The second-order valence-corrected chi connectivity index (χ2v) is 5.14. The summed E-state index contributed by atoms with van der Waals surface area (Å²) in [6.07, 6.45) is 0. The van der Waals surface area contributed by atoms with Crippen LogP contribution in [0, 0.1) is 12.7 Å². The van der Waals surface area contributed by atoms with E-state index in [0.29, 0.717) is 0 Å². The molecule has 3 nitrogen and oxygen atoms in total. The van der Waals surface area contributed by atoms with Gasteiger partial charge in [-0.05, 0) is 32.2 Å². The van der Waals surface area contributed by atoms with Gasteiger partial charge < -0.3 is 10.2 Å². The third kappa shape index (κ3) is 2.68. The molecule has 0 atom stereocenters. The Balaban J connectivity index is 2.28. The Kier molecular flexibility index (Phi) is 3.93. The first-order valence-corrected chi connectivity index (χ1v) is 6.53. The average molecular weight is 265 g/mol. The molecule has 0 aliphatic rings. The molecule has 0 saturated carbocycles. The lowest BCUT2D eigenvalue weighted by Gasteiger charge is -2.15. The highest BCUT2D eigenvalue weighted by Crippen LogP contribution is 2.30. The number of nitrogens with one attached hydrogen (secondary N) is 1. The van der Waals surface area contributed by atoms with E-state index in [1.54, 1.807) is 17.4 Å². The number of aryl methyl sites for hydroxylation is 1. The number of rotatable bonds is 4. The lowest BCUT2D eigenvalue weighted by Crippen LogP contribution is -2.09. The van der Waals surface area contributed by atoms with Crippen LogP contribution in [0.5, 0.6) is 0 Å². The minimum absolute atomic E-state index is 0.233. The van der Waals surface area contributed by atoms with E-state index in [4.69, 9.17) is 0 Å². The number of anilines is 2. The van der Waals surface area contributed by atoms with Gasteiger partial charge in [0, 0.05) is 24.2 Å². The topological polar surface area (TPSA) is 28.2 Å². The van der Waals surface area contributed by atoms with Crippen LogP contribution in [-0.4, -0.2) is 19.1 Å². The van der Waals surface area contributed by atoms with Crippen LogP contribution in [0.25, 0.3) is 0 Å². The van der Waals surface area contributed by atoms with E-state index in [1.165, 1.54) is 17.0 Å². The van der Waals surface area contributed by atoms with Crippen LogP contribution in [0.2, 0.25) is 0 Å². The van der Waals surface area contributed by atoms with Gasteiger partial charge in [-0.25, -0.2) is 9.37 Å². The molecule has 2 rings (SSSR count). The van der Waals surface area contributed by atoms with Gasteiger partial charge in [0.2, 0.25) is 0 Å². The van der Waals surface area contributed by atoms with Gasteiger partial charge in [0.15, 0.2) is 5.13 Å². The second-order valence-electron chi connectivity index (χ2n) is 4.07.